The number of ether oxygens (including phenoxy) is 2. The number of likely N-dealkylation sites (N-methyl/N-ethyl adjacent to an activating group) is 1. The minimum Gasteiger partial charge on any atom is -0.496 e. The van der Waals surface area contributed by atoms with Gasteiger partial charge in [0.1, 0.15) is 11.5 Å². The predicted octanol–water partition coefficient (Wildman–Crippen LogP) is 1.87. The number of hydrogen-bond acceptors (Lipinski definition) is 3. The third kappa shape index (κ3) is 1.92. The fourth-order valence-electron chi connectivity index (χ4n) is 2.38. The highest BCUT2D eigenvalue weighted by molar-refractivity contribution is 5.92. The summed E-state index contributed by atoms with van der Waals surface area (Å²) in [5.74, 6) is 1.51. The van der Waals surface area contributed by atoms with Gasteiger partial charge in [0.05, 0.1) is 24.7 Å². The molecule has 0 radical (unpaired) electrons. The average molecular weight is 249 g/mol. The molecule has 1 N–H and O–H groups in total. The summed E-state index contributed by atoms with van der Waals surface area (Å²) in [7, 11) is 3.28. The highest BCUT2D eigenvalue weighted by atomic mass is 16.5. The Morgan fingerprint density at radius 3 is 2.56 bits per heavy atom. The fraction of sp³-hybridized carbons (Fsp3) is 0.500. The van der Waals surface area contributed by atoms with Gasteiger partial charge in [0, 0.05) is 7.05 Å². The van der Waals surface area contributed by atoms with Crippen LogP contribution in [0.4, 0.5) is 0 Å². The number of nitrogens with one attached hydrogen (secondary N) is 1. The van der Waals surface area contributed by atoms with E-state index in [1.54, 1.807) is 14.2 Å². The fourth-order valence-corrected chi connectivity index (χ4v) is 2.38. The van der Waals surface area contributed by atoms with Gasteiger partial charge in [-0.2, -0.15) is 0 Å². The van der Waals surface area contributed by atoms with Crippen LogP contribution in [-0.2, 0) is 10.2 Å². The molecule has 0 atom stereocenters. The molecule has 0 aliphatic heterocycles. The van der Waals surface area contributed by atoms with E-state index in [0.29, 0.717) is 6.61 Å². The quantitative estimate of drug-likeness (QED) is 0.866. The van der Waals surface area contributed by atoms with Crippen LogP contribution in [0.15, 0.2) is 18.2 Å². The van der Waals surface area contributed by atoms with Gasteiger partial charge in [-0.15, -0.1) is 0 Å². The van der Waals surface area contributed by atoms with Gasteiger partial charge in [-0.25, -0.2) is 0 Å². The first-order chi connectivity index (χ1) is 8.69. The molecule has 0 aromatic heterocycles. The van der Waals surface area contributed by atoms with E-state index >= 15 is 0 Å². The Bertz CT molecular complexity index is 452. The second-order valence-corrected chi connectivity index (χ2v) is 4.43. The van der Waals surface area contributed by atoms with Crippen LogP contribution in [0.5, 0.6) is 11.5 Å². The van der Waals surface area contributed by atoms with Crippen molar-refractivity contribution in [1.82, 2.24) is 5.32 Å². The molecule has 0 bridgehead atoms. The largest absolute Gasteiger partial charge is 0.496 e. The minimum absolute atomic E-state index is 0.0351. The molecule has 1 aromatic rings. The third-order valence-corrected chi connectivity index (χ3v) is 3.40. The topological polar surface area (TPSA) is 47.6 Å². The molecular formula is C14H19NO3. The minimum atomic E-state index is -0.466. The number of hydrogen-bond donors (Lipinski definition) is 1. The van der Waals surface area contributed by atoms with Gasteiger partial charge in [0.25, 0.3) is 0 Å². The van der Waals surface area contributed by atoms with Gasteiger partial charge in [-0.05, 0) is 31.9 Å². The standard InChI is InChI=1S/C14H19NO3/c1-4-18-11-7-5-6-10(17-3)12(11)14(8-9-14)13(16)15-2/h5-7H,4,8-9H2,1-3H3,(H,15,16). The molecule has 98 valence electrons. The highest BCUT2D eigenvalue weighted by Crippen LogP contribution is 2.54. The van der Waals surface area contributed by atoms with Gasteiger partial charge >= 0.3 is 0 Å². The summed E-state index contributed by atoms with van der Waals surface area (Å²) in [6, 6.07) is 5.65. The lowest BCUT2D eigenvalue weighted by Gasteiger charge is -2.20. The first-order valence-electron chi connectivity index (χ1n) is 6.22. The lowest BCUT2D eigenvalue weighted by Crippen LogP contribution is -2.32. The zero-order valence-corrected chi connectivity index (χ0v) is 11.1. The first kappa shape index (κ1) is 12.7. The number of amides is 1. The van der Waals surface area contributed by atoms with E-state index in [9.17, 15) is 4.79 Å². The molecule has 1 aromatic carbocycles. The summed E-state index contributed by atoms with van der Waals surface area (Å²) in [4.78, 5) is 12.1. The molecule has 18 heavy (non-hydrogen) atoms. The van der Waals surface area contributed by atoms with Crippen molar-refractivity contribution in [3.8, 4) is 11.5 Å². The molecule has 1 aliphatic carbocycles. The molecule has 0 unspecified atom stereocenters. The van der Waals surface area contributed by atoms with Crippen LogP contribution in [0, 0.1) is 0 Å². The Balaban J connectivity index is 2.50. The molecule has 4 nitrogen and oxygen atoms in total. The Hall–Kier alpha value is -1.71. The Morgan fingerprint density at radius 2 is 2.06 bits per heavy atom. The van der Waals surface area contributed by atoms with Crippen molar-refractivity contribution in [2.75, 3.05) is 20.8 Å². The number of carbonyl (C=O) groups excluding carboxylic acids is 1. The highest BCUT2D eigenvalue weighted by Gasteiger charge is 2.54. The van der Waals surface area contributed by atoms with E-state index in [4.69, 9.17) is 9.47 Å². The molecule has 1 amide bonds. The van der Waals surface area contributed by atoms with Gasteiger partial charge in [0.2, 0.25) is 5.91 Å². The molecule has 1 fully saturated rings. The summed E-state index contributed by atoms with van der Waals surface area (Å²) < 4.78 is 11.0. The van der Waals surface area contributed by atoms with Crippen LogP contribution < -0.4 is 14.8 Å². The van der Waals surface area contributed by atoms with Crippen LogP contribution in [0.3, 0.4) is 0 Å². The van der Waals surface area contributed by atoms with E-state index in [2.05, 4.69) is 5.32 Å². The van der Waals surface area contributed by atoms with E-state index < -0.39 is 5.41 Å². The monoisotopic (exact) mass is 249 g/mol. The Morgan fingerprint density at radius 1 is 1.39 bits per heavy atom. The van der Waals surface area contributed by atoms with Crippen molar-refractivity contribution in [1.29, 1.82) is 0 Å². The maximum absolute atomic E-state index is 12.1. The zero-order chi connectivity index (χ0) is 13.2. The Labute approximate surface area is 107 Å². The SMILES string of the molecule is CCOc1cccc(OC)c1C1(C(=O)NC)CC1. The summed E-state index contributed by atoms with van der Waals surface area (Å²) in [6.07, 6.45) is 1.68. The van der Waals surface area contributed by atoms with Crippen molar-refractivity contribution < 1.29 is 14.3 Å². The Kier molecular flexibility index (Phi) is 3.45. The lowest BCUT2D eigenvalue weighted by molar-refractivity contribution is -0.123. The molecule has 2 rings (SSSR count). The van der Waals surface area contributed by atoms with E-state index in [-0.39, 0.29) is 5.91 Å². The maximum Gasteiger partial charge on any atom is 0.230 e. The number of methoxy groups -OCH3 is 1. The molecule has 4 heteroatoms. The van der Waals surface area contributed by atoms with Crippen LogP contribution in [0.25, 0.3) is 0 Å². The van der Waals surface area contributed by atoms with Crippen LogP contribution in [0.2, 0.25) is 0 Å². The summed E-state index contributed by atoms with van der Waals surface area (Å²) in [5, 5.41) is 2.74. The zero-order valence-electron chi connectivity index (χ0n) is 11.1. The van der Waals surface area contributed by atoms with Crippen LogP contribution in [0.1, 0.15) is 25.3 Å². The van der Waals surface area contributed by atoms with Gasteiger partial charge < -0.3 is 14.8 Å². The molecule has 1 saturated carbocycles. The van der Waals surface area contributed by atoms with Crippen molar-refractivity contribution >= 4 is 5.91 Å². The average Bonchev–Trinajstić information content (AvgIpc) is 3.19. The van der Waals surface area contributed by atoms with Crippen molar-refractivity contribution in [3.05, 3.63) is 23.8 Å². The van der Waals surface area contributed by atoms with Gasteiger partial charge in [0.15, 0.2) is 0 Å². The van der Waals surface area contributed by atoms with Crippen LogP contribution in [-0.4, -0.2) is 26.7 Å². The normalized spacial score (nSPS) is 15.9. The lowest BCUT2D eigenvalue weighted by atomic mass is 9.93. The number of rotatable bonds is 5. The number of carbonyl (C=O) groups is 1. The van der Waals surface area contributed by atoms with E-state index in [1.165, 1.54) is 0 Å². The summed E-state index contributed by atoms with van der Waals surface area (Å²) >= 11 is 0. The van der Waals surface area contributed by atoms with E-state index in [1.807, 2.05) is 25.1 Å². The molecule has 0 spiro atoms. The smallest absolute Gasteiger partial charge is 0.230 e. The molecular weight excluding hydrogens is 230 g/mol. The van der Waals surface area contributed by atoms with Crippen molar-refractivity contribution in [3.63, 3.8) is 0 Å². The molecule has 0 saturated heterocycles. The van der Waals surface area contributed by atoms with E-state index in [0.717, 1.165) is 29.9 Å². The van der Waals surface area contributed by atoms with Crippen LogP contribution >= 0.6 is 0 Å². The van der Waals surface area contributed by atoms with Gasteiger partial charge in [-0.3, -0.25) is 4.79 Å². The predicted molar refractivity (Wildman–Crippen MR) is 69.1 cm³/mol. The molecule has 1 aliphatic rings. The summed E-state index contributed by atoms with van der Waals surface area (Å²) in [5.41, 5.74) is 0.417. The second-order valence-electron chi connectivity index (χ2n) is 4.43. The van der Waals surface area contributed by atoms with Crippen molar-refractivity contribution in [2.24, 2.45) is 0 Å². The van der Waals surface area contributed by atoms with Crippen molar-refractivity contribution in [2.45, 2.75) is 25.2 Å². The molecule has 0 heterocycles. The summed E-state index contributed by atoms with van der Waals surface area (Å²) in [6.45, 7) is 2.51. The van der Waals surface area contributed by atoms with Gasteiger partial charge in [-0.1, -0.05) is 6.07 Å². The third-order valence-electron chi connectivity index (χ3n) is 3.40. The maximum atomic E-state index is 12.1. The second kappa shape index (κ2) is 4.88. The first-order valence-corrected chi connectivity index (χ1v) is 6.22. The number of benzene rings is 1.